The average molecular weight is 348 g/mol. The maximum atomic E-state index is 12.1. The maximum absolute atomic E-state index is 12.1. The Kier molecular flexibility index (Phi) is 4.23. The quantitative estimate of drug-likeness (QED) is 0.771. The van der Waals surface area contributed by atoms with Gasteiger partial charge < -0.3 is 9.47 Å². The third kappa shape index (κ3) is 3.30. The molecule has 0 aliphatic carbocycles. The maximum Gasteiger partial charge on any atom is 0.412 e. The van der Waals surface area contributed by atoms with Gasteiger partial charge in [0.2, 0.25) is 0 Å². The van der Waals surface area contributed by atoms with Crippen LogP contribution in [0.25, 0.3) is 0 Å². The van der Waals surface area contributed by atoms with E-state index in [1.807, 2.05) is 26.2 Å². The molecule has 0 fully saturated rings. The molecule has 0 radical (unpaired) electrons. The van der Waals surface area contributed by atoms with Crippen LogP contribution in [-0.2, 0) is 15.9 Å². The van der Waals surface area contributed by atoms with Crippen molar-refractivity contribution < 1.29 is 14.3 Å². The number of rotatable bonds is 1. The minimum Gasteiger partial charge on any atom is -0.444 e. The predicted octanol–water partition coefficient (Wildman–Crippen LogP) is 3.95. The second-order valence-electron chi connectivity index (χ2n) is 5.48. The molecule has 1 amide bonds. The first-order valence-corrected chi connectivity index (χ1v) is 7.80. The Labute approximate surface area is 125 Å². The van der Waals surface area contributed by atoms with Crippen LogP contribution in [0.2, 0.25) is 0 Å². The molecule has 4 nitrogen and oxygen atoms in total. The van der Waals surface area contributed by atoms with Crippen molar-refractivity contribution in [2.24, 2.45) is 0 Å². The summed E-state index contributed by atoms with van der Waals surface area (Å²) >= 11 is 5.22. The van der Waals surface area contributed by atoms with Gasteiger partial charge in [-0.1, -0.05) is 0 Å². The molecule has 106 valence electrons. The molecular weight excluding hydrogens is 330 g/mol. The lowest BCUT2D eigenvalue weighted by Crippen LogP contribution is -2.39. The molecule has 0 N–H and O–H groups in total. The molecule has 0 aromatic carbocycles. The number of amides is 1. The van der Waals surface area contributed by atoms with Gasteiger partial charge >= 0.3 is 6.09 Å². The van der Waals surface area contributed by atoms with Crippen LogP contribution in [0.1, 0.15) is 37.4 Å². The summed E-state index contributed by atoms with van der Waals surface area (Å²) in [6.45, 7) is 6.18. The van der Waals surface area contributed by atoms with E-state index in [-0.39, 0.29) is 12.3 Å². The van der Waals surface area contributed by atoms with Crippen molar-refractivity contribution in [1.29, 1.82) is 0 Å². The van der Waals surface area contributed by atoms with Gasteiger partial charge in [-0.05, 0) is 36.7 Å². The van der Waals surface area contributed by atoms with E-state index in [2.05, 4.69) is 15.9 Å². The molecule has 0 spiro atoms. The van der Waals surface area contributed by atoms with Gasteiger partial charge in [0.1, 0.15) is 5.60 Å². The van der Waals surface area contributed by atoms with Crippen LogP contribution in [0.4, 0.5) is 4.79 Å². The highest BCUT2D eigenvalue weighted by Gasteiger charge is 2.32. The van der Waals surface area contributed by atoms with E-state index in [9.17, 15) is 4.79 Å². The van der Waals surface area contributed by atoms with E-state index < -0.39 is 5.60 Å². The highest BCUT2D eigenvalue weighted by molar-refractivity contribution is 9.10. The number of nitrogens with zero attached hydrogens (tertiary/aromatic N) is 1. The Bertz CT molecular complexity index is 481. The van der Waals surface area contributed by atoms with Crippen molar-refractivity contribution in [1.82, 2.24) is 4.90 Å². The van der Waals surface area contributed by atoms with Crippen LogP contribution in [0, 0.1) is 0 Å². The summed E-state index contributed by atoms with van der Waals surface area (Å²) in [6, 6.07) is 0. The summed E-state index contributed by atoms with van der Waals surface area (Å²) in [5.41, 5.74) is 0.541. The molecule has 2 heterocycles. The van der Waals surface area contributed by atoms with Crippen molar-refractivity contribution >= 4 is 33.4 Å². The van der Waals surface area contributed by atoms with Gasteiger partial charge in [0.15, 0.2) is 6.23 Å². The number of hydrogen-bond acceptors (Lipinski definition) is 4. The normalized spacial score (nSPS) is 18.9. The van der Waals surface area contributed by atoms with E-state index in [0.717, 1.165) is 16.5 Å². The number of hydrogen-bond donors (Lipinski definition) is 0. The van der Waals surface area contributed by atoms with Crippen molar-refractivity contribution in [3.05, 3.63) is 20.3 Å². The Morgan fingerprint density at radius 2 is 2.26 bits per heavy atom. The number of carbonyl (C=O) groups is 1. The van der Waals surface area contributed by atoms with Crippen LogP contribution in [-0.4, -0.2) is 30.2 Å². The minimum atomic E-state index is -0.505. The molecule has 1 aromatic rings. The Morgan fingerprint density at radius 3 is 2.89 bits per heavy atom. The zero-order valence-corrected chi connectivity index (χ0v) is 13.9. The van der Waals surface area contributed by atoms with Gasteiger partial charge in [0.25, 0.3) is 0 Å². The SMILES string of the molecule is CN(C(=O)OC(C)(C)C)C1OCCc2scc(Br)c21. The monoisotopic (exact) mass is 347 g/mol. The van der Waals surface area contributed by atoms with Gasteiger partial charge in [-0.25, -0.2) is 4.79 Å². The second-order valence-corrected chi connectivity index (χ2v) is 7.30. The number of halogens is 1. The van der Waals surface area contributed by atoms with Crippen LogP contribution in [0.3, 0.4) is 0 Å². The molecule has 2 rings (SSSR count). The van der Waals surface area contributed by atoms with E-state index in [1.54, 1.807) is 18.4 Å². The molecule has 19 heavy (non-hydrogen) atoms. The highest BCUT2D eigenvalue weighted by atomic mass is 79.9. The van der Waals surface area contributed by atoms with Gasteiger partial charge in [0.05, 0.1) is 6.61 Å². The Balaban J connectivity index is 2.19. The lowest BCUT2D eigenvalue weighted by molar-refractivity contribution is -0.0658. The molecule has 0 saturated heterocycles. The highest BCUT2D eigenvalue weighted by Crippen LogP contribution is 2.39. The van der Waals surface area contributed by atoms with Crippen LogP contribution >= 0.6 is 27.3 Å². The summed E-state index contributed by atoms with van der Waals surface area (Å²) < 4.78 is 12.1. The van der Waals surface area contributed by atoms with E-state index >= 15 is 0 Å². The van der Waals surface area contributed by atoms with Crippen molar-refractivity contribution in [2.75, 3.05) is 13.7 Å². The van der Waals surface area contributed by atoms with Gasteiger partial charge in [-0.3, -0.25) is 4.90 Å². The van der Waals surface area contributed by atoms with Crippen LogP contribution in [0.5, 0.6) is 0 Å². The zero-order valence-electron chi connectivity index (χ0n) is 11.5. The summed E-state index contributed by atoms with van der Waals surface area (Å²) in [5.74, 6) is 0. The fourth-order valence-electron chi connectivity index (χ4n) is 1.91. The molecule has 1 aliphatic heterocycles. The minimum absolute atomic E-state index is 0.372. The molecule has 0 saturated carbocycles. The summed E-state index contributed by atoms with van der Waals surface area (Å²) in [7, 11) is 1.71. The van der Waals surface area contributed by atoms with Gasteiger partial charge in [-0.2, -0.15) is 0 Å². The number of carbonyl (C=O) groups excluding carboxylic acids is 1. The second kappa shape index (κ2) is 5.42. The fourth-order valence-corrected chi connectivity index (χ4v) is 3.67. The van der Waals surface area contributed by atoms with Crippen molar-refractivity contribution in [3.63, 3.8) is 0 Å². The summed E-state index contributed by atoms with van der Waals surface area (Å²) in [5, 5.41) is 2.04. The lowest BCUT2D eigenvalue weighted by Gasteiger charge is -2.33. The predicted molar refractivity (Wildman–Crippen MR) is 78.4 cm³/mol. The Morgan fingerprint density at radius 1 is 1.58 bits per heavy atom. The number of fused-ring (bicyclic) bond motifs is 1. The third-order valence-electron chi connectivity index (χ3n) is 2.75. The third-order valence-corrected chi connectivity index (χ3v) is 4.77. The first kappa shape index (κ1) is 14.8. The smallest absolute Gasteiger partial charge is 0.412 e. The van der Waals surface area contributed by atoms with Gasteiger partial charge in [0, 0.05) is 33.8 Å². The standard InChI is InChI=1S/C13H18BrNO3S/c1-13(2,3)18-12(16)15(4)11-10-8(14)7-19-9(10)5-6-17-11/h7,11H,5-6H2,1-4H3. The number of thiophene rings is 1. The summed E-state index contributed by atoms with van der Waals surface area (Å²) in [6.07, 6.45) is 0.146. The Hall–Kier alpha value is -0.590. The average Bonchev–Trinajstić information content (AvgIpc) is 2.68. The molecule has 0 bridgehead atoms. The van der Waals surface area contributed by atoms with Crippen molar-refractivity contribution in [2.45, 2.75) is 39.0 Å². The van der Waals surface area contributed by atoms with Crippen molar-refractivity contribution in [3.8, 4) is 0 Å². The molecule has 1 aliphatic rings. The van der Waals surface area contributed by atoms with Crippen LogP contribution < -0.4 is 0 Å². The van der Waals surface area contributed by atoms with Gasteiger partial charge in [-0.15, -0.1) is 11.3 Å². The van der Waals surface area contributed by atoms with Crippen LogP contribution in [0.15, 0.2) is 9.85 Å². The first-order valence-electron chi connectivity index (χ1n) is 6.13. The first-order chi connectivity index (χ1) is 8.79. The van der Waals surface area contributed by atoms with E-state index in [0.29, 0.717) is 6.61 Å². The molecule has 1 unspecified atom stereocenters. The molecule has 6 heteroatoms. The molecular formula is C13H18BrNO3S. The van der Waals surface area contributed by atoms with E-state index in [1.165, 1.54) is 9.78 Å². The lowest BCUT2D eigenvalue weighted by atomic mass is 10.1. The molecule has 1 atom stereocenters. The largest absolute Gasteiger partial charge is 0.444 e. The van der Waals surface area contributed by atoms with E-state index in [4.69, 9.17) is 9.47 Å². The molecule has 1 aromatic heterocycles. The number of ether oxygens (including phenoxy) is 2. The summed E-state index contributed by atoms with van der Waals surface area (Å²) in [4.78, 5) is 14.9. The zero-order chi connectivity index (χ0) is 14.2. The topological polar surface area (TPSA) is 38.8 Å². The fraction of sp³-hybridized carbons (Fsp3) is 0.615.